The molecule has 0 aliphatic carbocycles. The summed E-state index contributed by atoms with van der Waals surface area (Å²) >= 11 is 0. The van der Waals surface area contributed by atoms with Gasteiger partial charge in [-0.2, -0.15) is 5.10 Å². The SMILES string of the molecule is COc1cccc(-c2ccc(=O)n(CCCC(=O)Nc3ccc(S(=O)(=O)NC(C)=O)cc3)n2)c1. The van der Waals surface area contributed by atoms with Crippen LogP contribution >= 0.6 is 0 Å². The van der Waals surface area contributed by atoms with Crippen LogP contribution in [0.1, 0.15) is 19.8 Å². The van der Waals surface area contributed by atoms with Gasteiger partial charge in [-0.05, 0) is 48.9 Å². The van der Waals surface area contributed by atoms with Crippen LogP contribution < -0.4 is 20.3 Å². The molecule has 0 aliphatic rings. The van der Waals surface area contributed by atoms with Crippen LogP contribution in [0.2, 0.25) is 0 Å². The Morgan fingerprint density at radius 2 is 1.79 bits per heavy atom. The number of hydrogen-bond acceptors (Lipinski definition) is 7. The number of aromatic nitrogens is 2. The molecule has 0 unspecified atom stereocenters. The number of amides is 2. The molecule has 1 aromatic heterocycles. The van der Waals surface area contributed by atoms with Crippen LogP contribution in [0.25, 0.3) is 11.3 Å². The van der Waals surface area contributed by atoms with Crippen LogP contribution in [0.4, 0.5) is 5.69 Å². The van der Waals surface area contributed by atoms with Gasteiger partial charge in [0, 0.05) is 37.2 Å². The van der Waals surface area contributed by atoms with E-state index in [-0.39, 0.29) is 29.3 Å². The summed E-state index contributed by atoms with van der Waals surface area (Å²) in [7, 11) is -2.37. The van der Waals surface area contributed by atoms with Crippen molar-refractivity contribution in [3.8, 4) is 17.0 Å². The quantitative estimate of drug-likeness (QED) is 0.475. The minimum absolute atomic E-state index is 0.0953. The molecule has 2 N–H and O–H groups in total. The average Bonchev–Trinajstić information content (AvgIpc) is 2.80. The molecule has 3 aromatic rings. The number of sulfonamides is 1. The Balaban J connectivity index is 1.58. The highest BCUT2D eigenvalue weighted by Gasteiger charge is 2.15. The van der Waals surface area contributed by atoms with E-state index >= 15 is 0 Å². The summed E-state index contributed by atoms with van der Waals surface area (Å²) < 4.78 is 32.3. The molecule has 0 radical (unpaired) electrons. The van der Waals surface area contributed by atoms with Crippen molar-refractivity contribution in [2.45, 2.75) is 31.2 Å². The fourth-order valence-corrected chi connectivity index (χ4v) is 4.11. The number of anilines is 1. The Morgan fingerprint density at radius 1 is 1.06 bits per heavy atom. The van der Waals surface area contributed by atoms with E-state index in [0.29, 0.717) is 23.6 Å². The first-order valence-corrected chi connectivity index (χ1v) is 11.8. The summed E-state index contributed by atoms with van der Waals surface area (Å²) in [5.41, 5.74) is 1.54. The minimum Gasteiger partial charge on any atom is -0.497 e. The van der Waals surface area contributed by atoms with E-state index < -0.39 is 15.9 Å². The minimum atomic E-state index is -3.94. The molecule has 2 amide bonds. The number of nitrogens with zero attached hydrogens (tertiary/aromatic N) is 2. The third-order valence-corrected chi connectivity index (χ3v) is 6.18. The van der Waals surface area contributed by atoms with E-state index in [1.165, 1.54) is 35.0 Å². The van der Waals surface area contributed by atoms with Crippen LogP contribution in [0.5, 0.6) is 5.75 Å². The van der Waals surface area contributed by atoms with E-state index in [2.05, 4.69) is 10.4 Å². The predicted octanol–water partition coefficient (Wildman–Crippen LogP) is 2.16. The van der Waals surface area contributed by atoms with E-state index in [4.69, 9.17) is 4.74 Å². The van der Waals surface area contributed by atoms with Crippen LogP contribution in [0.15, 0.2) is 70.4 Å². The molecule has 0 saturated heterocycles. The van der Waals surface area contributed by atoms with Gasteiger partial charge in [-0.15, -0.1) is 0 Å². The topological polar surface area (TPSA) is 136 Å². The van der Waals surface area contributed by atoms with Crippen LogP contribution in [-0.4, -0.2) is 37.1 Å². The van der Waals surface area contributed by atoms with Crippen molar-refractivity contribution in [2.75, 3.05) is 12.4 Å². The summed E-state index contributed by atoms with van der Waals surface area (Å²) in [6, 6.07) is 15.8. The number of ether oxygens (including phenoxy) is 1. The molecule has 0 aliphatic heterocycles. The first-order valence-electron chi connectivity index (χ1n) is 10.3. The molecule has 0 saturated carbocycles. The van der Waals surface area contributed by atoms with Gasteiger partial charge >= 0.3 is 0 Å². The van der Waals surface area contributed by atoms with Crippen molar-refractivity contribution in [3.05, 3.63) is 71.0 Å². The molecule has 2 aromatic carbocycles. The lowest BCUT2D eigenvalue weighted by molar-refractivity contribution is -0.117. The highest BCUT2D eigenvalue weighted by Crippen LogP contribution is 2.21. The van der Waals surface area contributed by atoms with Crippen molar-refractivity contribution >= 4 is 27.5 Å². The number of carbonyl (C=O) groups is 2. The fourth-order valence-electron chi connectivity index (χ4n) is 3.12. The zero-order chi connectivity index (χ0) is 24.7. The molecule has 178 valence electrons. The highest BCUT2D eigenvalue weighted by atomic mass is 32.2. The monoisotopic (exact) mass is 484 g/mol. The molecule has 34 heavy (non-hydrogen) atoms. The Hall–Kier alpha value is -3.99. The first-order chi connectivity index (χ1) is 16.2. The summed E-state index contributed by atoms with van der Waals surface area (Å²) in [5.74, 6) is -0.316. The van der Waals surface area contributed by atoms with Crippen molar-refractivity contribution in [1.82, 2.24) is 14.5 Å². The van der Waals surface area contributed by atoms with Crippen molar-refractivity contribution in [1.29, 1.82) is 0 Å². The second-order valence-corrected chi connectivity index (χ2v) is 9.03. The maximum absolute atomic E-state index is 12.3. The van der Waals surface area contributed by atoms with E-state index in [1.807, 2.05) is 29.0 Å². The van der Waals surface area contributed by atoms with Gasteiger partial charge < -0.3 is 10.1 Å². The smallest absolute Gasteiger partial charge is 0.266 e. The zero-order valence-corrected chi connectivity index (χ0v) is 19.5. The normalized spacial score (nSPS) is 11.0. The molecular formula is C23H24N4O6S. The van der Waals surface area contributed by atoms with E-state index in [1.54, 1.807) is 13.2 Å². The number of benzene rings is 2. The molecule has 10 nitrogen and oxygen atoms in total. The van der Waals surface area contributed by atoms with Gasteiger partial charge in [-0.25, -0.2) is 17.8 Å². The molecule has 1 heterocycles. The van der Waals surface area contributed by atoms with Crippen LogP contribution in [0, 0.1) is 0 Å². The summed E-state index contributed by atoms with van der Waals surface area (Å²) in [5, 5.41) is 7.05. The Labute approximate surface area is 196 Å². The van der Waals surface area contributed by atoms with Crippen LogP contribution in [-0.2, 0) is 26.2 Å². The Kier molecular flexibility index (Phi) is 7.79. The predicted molar refractivity (Wildman–Crippen MR) is 126 cm³/mol. The maximum Gasteiger partial charge on any atom is 0.266 e. The van der Waals surface area contributed by atoms with Gasteiger partial charge in [0.25, 0.3) is 15.6 Å². The molecule has 11 heteroatoms. The Bertz CT molecular complexity index is 1350. The fraction of sp³-hybridized carbons (Fsp3) is 0.217. The van der Waals surface area contributed by atoms with Crippen molar-refractivity contribution in [2.24, 2.45) is 0 Å². The molecular weight excluding hydrogens is 460 g/mol. The lowest BCUT2D eigenvalue weighted by Gasteiger charge is -2.09. The average molecular weight is 485 g/mol. The zero-order valence-electron chi connectivity index (χ0n) is 18.6. The number of rotatable bonds is 9. The van der Waals surface area contributed by atoms with E-state index in [0.717, 1.165) is 12.5 Å². The molecule has 0 bridgehead atoms. The van der Waals surface area contributed by atoms with Gasteiger partial charge in [-0.3, -0.25) is 14.4 Å². The molecule has 0 atom stereocenters. The Morgan fingerprint density at radius 3 is 2.47 bits per heavy atom. The van der Waals surface area contributed by atoms with Gasteiger partial charge in [0.1, 0.15) is 5.75 Å². The van der Waals surface area contributed by atoms with Crippen molar-refractivity contribution in [3.63, 3.8) is 0 Å². The summed E-state index contributed by atoms with van der Waals surface area (Å²) in [6.07, 6.45) is 0.499. The lowest BCUT2D eigenvalue weighted by Crippen LogP contribution is -2.28. The van der Waals surface area contributed by atoms with Gasteiger partial charge in [0.15, 0.2) is 0 Å². The molecule has 0 spiro atoms. The second kappa shape index (κ2) is 10.8. The number of methoxy groups -OCH3 is 1. The highest BCUT2D eigenvalue weighted by molar-refractivity contribution is 7.90. The van der Waals surface area contributed by atoms with Crippen LogP contribution in [0.3, 0.4) is 0 Å². The maximum atomic E-state index is 12.3. The van der Waals surface area contributed by atoms with Crippen molar-refractivity contribution < 1.29 is 22.7 Å². The summed E-state index contributed by atoms with van der Waals surface area (Å²) in [6.45, 7) is 1.35. The largest absolute Gasteiger partial charge is 0.497 e. The number of aryl methyl sites for hydroxylation is 1. The lowest BCUT2D eigenvalue weighted by atomic mass is 10.1. The molecule has 0 fully saturated rings. The third kappa shape index (κ3) is 6.51. The molecule has 3 rings (SSSR count). The third-order valence-electron chi connectivity index (χ3n) is 4.73. The second-order valence-electron chi connectivity index (χ2n) is 7.35. The number of nitrogens with one attached hydrogen (secondary N) is 2. The standard InChI is InChI=1S/C23H24N4O6S/c1-16(28)26-34(31,32)20-10-8-18(9-11-20)24-22(29)7-4-14-27-23(30)13-12-21(25-27)17-5-3-6-19(15-17)33-2/h3,5-6,8-13,15H,4,7,14H2,1-2H3,(H,24,29)(H,26,28). The number of hydrogen-bond donors (Lipinski definition) is 2. The van der Waals surface area contributed by atoms with Gasteiger partial charge in [0.2, 0.25) is 11.8 Å². The first kappa shape index (κ1) is 24.6. The van der Waals surface area contributed by atoms with Gasteiger partial charge in [0.05, 0.1) is 17.7 Å². The van der Waals surface area contributed by atoms with Gasteiger partial charge in [-0.1, -0.05) is 12.1 Å². The summed E-state index contributed by atoms with van der Waals surface area (Å²) in [4.78, 5) is 35.4. The van der Waals surface area contributed by atoms with E-state index in [9.17, 15) is 22.8 Å². The number of carbonyl (C=O) groups excluding carboxylic acids is 2.